The van der Waals surface area contributed by atoms with E-state index in [1.54, 1.807) is 0 Å². The van der Waals surface area contributed by atoms with Gasteiger partial charge in [-0.15, -0.1) is 25.2 Å². The van der Waals surface area contributed by atoms with Crippen LogP contribution in [0.2, 0.25) is 0 Å². The van der Waals surface area contributed by atoms with E-state index in [1.165, 1.54) is 0 Å². The maximum atomic E-state index is 11.5. The minimum atomic E-state index is -0.245. The molecular weight excluding hydrogens is 614 g/mol. The summed E-state index contributed by atoms with van der Waals surface area (Å²) in [5, 5.41) is 12.0. The van der Waals surface area contributed by atoms with E-state index in [0.29, 0.717) is 31.6 Å². The number of ketones is 1. The van der Waals surface area contributed by atoms with Crippen LogP contribution in [-0.2, 0) is 9.59 Å². The van der Waals surface area contributed by atoms with Crippen LogP contribution in [0.3, 0.4) is 0 Å². The molecule has 29 heavy (non-hydrogen) atoms. The Balaban J connectivity index is -0.000000243. The molecule has 0 spiro atoms. The third kappa shape index (κ3) is 30.7. The molecule has 0 saturated heterocycles. The summed E-state index contributed by atoms with van der Waals surface area (Å²) >= 11 is 0. The molecule has 0 fully saturated rings. The third-order valence-corrected chi connectivity index (χ3v) is 3.94. The summed E-state index contributed by atoms with van der Waals surface area (Å²) in [6.07, 6.45) is 6.13. The largest absolute Gasteiger partial charge is 2.00 e. The molecule has 0 rings (SSSR count). The minimum absolute atomic E-state index is 0. The zero-order valence-corrected chi connectivity index (χ0v) is 24.8. The minimum Gasteiger partial charge on any atom is -0.390 e. The van der Waals surface area contributed by atoms with E-state index >= 15 is 0 Å². The molecule has 0 aromatic rings. The molecule has 0 bridgehead atoms. The maximum absolute atomic E-state index is 11.5. The second-order valence-corrected chi connectivity index (χ2v) is 8.95. The Kier molecular flexibility index (Phi) is 27.4. The second-order valence-electron chi connectivity index (χ2n) is 8.95. The summed E-state index contributed by atoms with van der Waals surface area (Å²) in [6, 6.07) is 0. The summed E-state index contributed by atoms with van der Waals surface area (Å²) in [5.41, 5.74) is 0. The first-order valence-electron chi connectivity index (χ1n) is 10.3. The van der Waals surface area contributed by atoms with Crippen LogP contribution in [0.15, 0.2) is 0 Å². The summed E-state index contributed by atoms with van der Waals surface area (Å²) < 4.78 is 0.802. The Hall–Kier alpha value is 0.402. The molecule has 0 saturated carbocycles. The average molecular weight is 660 g/mol. The third-order valence-electron chi connectivity index (χ3n) is 3.94. The Morgan fingerprint density at radius 1 is 1.14 bits per heavy atom. The topological polar surface area (TPSA) is 66.4 Å². The molecule has 0 heterocycles. The molecule has 5 nitrogen and oxygen atoms in total. The van der Waals surface area contributed by atoms with Crippen molar-refractivity contribution in [3.63, 3.8) is 0 Å². The van der Waals surface area contributed by atoms with Gasteiger partial charge in [0.2, 0.25) is 5.91 Å². The van der Waals surface area contributed by atoms with Crippen molar-refractivity contribution in [2.75, 3.05) is 34.2 Å². The van der Waals surface area contributed by atoms with Crippen molar-refractivity contribution in [2.24, 2.45) is 11.8 Å². The summed E-state index contributed by atoms with van der Waals surface area (Å²) in [6.45, 7) is 13.3. The number of aliphatic hydroxyl groups is 1. The monoisotopic (exact) mass is 659 g/mol. The van der Waals surface area contributed by atoms with E-state index in [9.17, 15) is 9.59 Å². The van der Waals surface area contributed by atoms with Crippen molar-refractivity contribution in [1.82, 2.24) is 5.32 Å². The maximum Gasteiger partial charge on any atom is 2.00 e. The summed E-state index contributed by atoms with van der Waals surface area (Å²) in [5.74, 6) is 1.11. The number of aliphatic hydroxyl groups excluding tert-OH is 1. The van der Waals surface area contributed by atoms with E-state index < -0.39 is 0 Å². The van der Waals surface area contributed by atoms with Gasteiger partial charge in [0.25, 0.3) is 0 Å². The number of rotatable bonds is 13. The first kappa shape index (κ1) is 36.8. The van der Waals surface area contributed by atoms with Crippen molar-refractivity contribution >= 4 is 24.1 Å². The van der Waals surface area contributed by atoms with Gasteiger partial charge in [-0.3, -0.25) is 4.79 Å². The zero-order valence-electron chi connectivity index (χ0n) is 19.8. The molecule has 1 amide bonds. The van der Waals surface area contributed by atoms with Crippen molar-refractivity contribution in [3.8, 4) is 0 Å². The van der Waals surface area contributed by atoms with Gasteiger partial charge >= 0.3 is 31.1 Å². The number of hydrogen-bond acceptors (Lipinski definition) is 3. The van der Waals surface area contributed by atoms with Crippen LogP contribution in [-0.4, -0.2) is 61.6 Å². The van der Waals surface area contributed by atoms with Crippen LogP contribution in [0.4, 0.5) is 0 Å². The number of carbonyl (C=O) groups excluding carboxylic acids is 2. The van der Waals surface area contributed by atoms with Crippen LogP contribution in [0.1, 0.15) is 66.2 Å². The standard InChI is InChI=1S/C15H28NO2.C7H17NO.ClH.U/c1-12(2)8-7-11-16-15(18)10-6-5-9-14(17)13(3)4;1-5-7(9)6-8(2,3)4;;/h5,12-13H,6-11H2,1-4H3,(H,16,18);7,9H,1,5-6H2,2-4H3;1H;/q-1;;;+2. The Labute approximate surface area is 210 Å². The van der Waals surface area contributed by atoms with Gasteiger partial charge in [0.1, 0.15) is 12.3 Å². The Morgan fingerprint density at radius 2 is 1.69 bits per heavy atom. The molecule has 0 aliphatic carbocycles. The number of carbonyl (C=O) groups is 2. The number of likely N-dealkylation sites (N-methyl/N-ethyl adjacent to an activating group) is 1. The molecule has 0 aromatic carbocycles. The number of hydrogen-bond donors (Lipinski definition) is 2. The predicted octanol–water partition coefficient (Wildman–Crippen LogP) is 3.84. The normalized spacial score (nSPS) is 11.7. The molecule has 0 aliphatic heterocycles. The molecule has 0 aliphatic rings. The van der Waals surface area contributed by atoms with Crippen LogP contribution in [0, 0.1) is 56.3 Å². The Morgan fingerprint density at radius 3 is 2.07 bits per heavy atom. The van der Waals surface area contributed by atoms with Crippen LogP contribution >= 0.6 is 12.4 Å². The van der Waals surface area contributed by atoms with Gasteiger partial charge in [0.05, 0.1) is 27.2 Å². The van der Waals surface area contributed by atoms with Gasteiger partial charge in [-0.2, -0.15) is 6.42 Å². The van der Waals surface area contributed by atoms with Crippen LogP contribution in [0.5, 0.6) is 0 Å². The smallest absolute Gasteiger partial charge is 0.390 e. The SMILES string of the molecule is CC(C)CCCNC(=O)CC[CH-]CC(=O)C(C)C.Cl.[CH2-]CC(O)C[N+](C)(C)C.[U+2]. The van der Waals surface area contributed by atoms with Crippen molar-refractivity contribution < 1.29 is 50.3 Å². The van der Waals surface area contributed by atoms with Gasteiger partial charge in [-0.25, -0.2) is 0 Å². The van der Waals surface area contributed by atoms with Crippen LogP contribution < -0.4 is 5.32 Å². The number of nitrogens with zero attached hydrogens (tertiary/aromatic N) is 1. The van der Waals surface area contributed by atoms with Gasteiger partial charge in [-0.1, -0.05) is 27.7 Å². The fourth-order valence-electron chi connectivity index (χ4n) is 2.26. The van der Waals surface area contributed by atoms with Gasteiger partial charge in [0.15, 0.2) is 0 Å². The first-order valence-corrected chi connectivity index (χ1v) is 10.3. The number of nitrogens with one attached hydrogen (secondary N) is 1. The molecule has 172 valence electrons. The van der Waals surface area contributed by atoms with E-state index in [0.717, 1.165) is 30.4 Å². The van der Waals surface area contributed by atoms with Crippen molar-refractivity contribution in [3.05, 3.63) is 13.3 Å². The number of unbranched alkanes of at least 4 members (excludes halogenated alkanes) is 1. The number of quaternary nitrogens is 1. The van der Waals surface area contributed by atoms with Gasteiger partial charge < -0.3 is 33.0 Å². The second kappa shape index (κ2) is 21.6. The van der Waals surface area contributed by atoms with Gasteiger partial charge in [0, 0.05) is 12.5 Å². The zero-order chi connectivity index (χ0) is 21.5. The summed E-state index contributed by atoms with van der Waals surface area (Å²) in [4.78, 5) is 22.8. The van der Waals surface area contributed by atoms with E-state index in [4.69, 9.17) is 5.11 Å². The summed E-state index contributed by atoms with van der Waals surface area (Å²) in [7, 11) is 6.16. The molecule has 1 atom stereocenters. The fourth-order valence-corrected chi connectivity index (χ4v) is 2.26. The molecule has 0 aromatic heterocycles. The number of Topliss-reactive ketones (excluding diaryl/α,β-unsaturated/α-hetero) is 1. The quantitative estimate of drug-likeness (QED) is 0.180. The molecule has 1 unspecified atom stereocenters. The van der Waals surface area contributed by atoms with E-state index in [2.05, 4.69) is 47.2 Å². The van der Waals surface area contributed by atoms with Crippen LogP contribution in [0.25, 0.3) is 0 Å². The van der Waals surface area contributed by atoms with E-state index in [1.807, 2.05) is 20.3 Å². The molecule has 7 heteroatoms. The van der Waals surface area contributed by atoms with Gasteiger partial charge in [-0.05, 0) is 25.2 Å². The predicted molar refractivity (Wildman–Crippen MR) is 121 cm³/mol. The first-order chi connectivity index (χ1) is 12.4. The van der Waals surface area contributed by atoms with Crippen molar-refractivity contribution in [2.45, 2.75) is 72.3 Å². The number of halogens is 1. The molecule has 0 radical (unpaired) electrons. The molecule has 2 N–H and O–H groups in total. The van der Waals surface area contributed by atoms with E-state index in [-0.39, 0.29) is 67.2 Å². The average Bonchev–Trinajstić information content (AvgIpc) is 2.54. The fraction of sp³-hybridized carbons (Fsp3) is 0.818. The Bertz CT molecular complexity index is 400. The van der Waals surface area contributed by atoms with Crippen molar-refractivity contribution in [1.29, 1.82) is 0 Å². The number of amides is 1. The molecular formula is C22H46ClN2O3U+.